The molecule has 0 bridgehead atoms. The fourth-order valence-electron chi connectivity index (χ4n) is 1.36. The number of thiazole rings is 1. The molecule has 0 aliphatic rings. The van der Waals surface area contributed by atoms with Gasteiger partial charge in [-0.05, 0) is 34.0 Å². The molecule has 1 heterocycles. The third kappa shape index (κ3) is 4.59. The van der Waals surface area contributed by atoms with Crippen LogP contribution in [0.4, 0.5) is 5.13 Å². The first kappa shape index (κ1) is 14.9. The average molecular weight is 272 g/mol. The Balaban J connectivity index is 2.51. The lowest BCUT2D eigenvalue weighted by Crippen LogP contribution is -2.23. The van der Waals surface area contributed by atoms with Gasteiger partial charge >= 0.3 is 5.97 Å². The molecule has 0 spiro atoms. The van der Waals surface area contributed by atoms with Crippen LogP contribution in [-0.4, -0.2) is 47.6 Å². The van der Waals surface area contributed by atoms with Gasteiger partial charge in [0, 0.05) is 11.4 Å². The number of anilines is 1. The minimum Gasteiger partial charge on any atom is -0.480 e. The van der Waals surface area contributed by atoms with Crippen molar-refractivity contribution in [3.63, 3.8) is 0 Å². The van der Waals surface area contributed by atoms with Crippen LogP contribution in [0.25, 0.3) is 0 Å². The molecule has 2 unspecified atom stereocenters. The molecule has 0 aliphatic carbocycles. The predicted octanol–water partition coefficient (Wildman–Crippen LogP) is 0.980. The summed E-state index contributed by atoms with van der Waals surface area (Å²) in [6.45, 7) is 3.06. The Morgan fingerprint density at radius 2 is 2.33 bits per heavy atom. The zero-order valence-electron chi connectivity index (χ0n) is 10.9. The topological polar surface area (TPSA) is 91.5 Å². The molecule has 1 aromatic heterocycles. The van der Waals surface area contributed by atoms with E-state index in [0.717, 1.165) is 13.0 Å². The monoisotopic (exact) mass is 272 g/mol. The molecule has 4 N–H and O–H groups in total. The van der Waals surface area contributed by atoms with Crippen LogP contribution in [0, 0.1) is 0 Å². The SMILES string of the molecule is CC(CCN(C)C)Nc1nc(C(N)C(=O)O)cs1. The molecule has 0 aliphatic heterocycles. The number of carbonyl (C=O) groups is 1. The van der Waals surface area contributed by atoms with Gasteiger partial charge in [0.15, 0.2) is 5.13 Å². The fraction of sp³-hybridized carbons (Fsp3) is 0.636. The normalized spacial score (nSPS) is 14.5. The van der Waals surface area contributed by atoms with Crippen LogP contribution in [0.15, 0.2) is 5.38 Å². The molecule has 6 nitrogen and oxygen atoms in total. The van der Waals surface area contributed by atoms with Gasteiger partial charge < -0.3 is 21.1 Å². The molecule has 1 rings (SSSR count). The summed E-state index contributed by atoms with van der Waals surface area (Å²) in [4.78, 5) is 17.0. The average Bonchev–Trinajstić information content (AvgIpc) is 2.73. The van der Waals surface area contributed by atoms with Crippen molar-refractivity contribution in [2.45, 2.75) is 25.4 Å². The van der Waals surface area contributed by atoms with Gasteiger partial charge in [-0.3, -0.25) is 4.79 Å². The van der Waals surface area contributed by atoms with Crippen molar-refractivity contribution in [2.24, 2.45) is 5.73 Å². The zero-order valence-corrected chi connectivity index (χ0v) is 11.7. The van der Waals surface area contributed by atoms with E-state index in [9.17, 15) is 4.79 Å². The molecule has 7 heteroatoms. The standard InChI is InChI=1S/C11H20N4O2S/c1-7(4-5-15(2)3)13-11-14-8(6-18-11)9(12)10(16)17/h6-7,9H,4-5,12H2,1-3H3,(H,13,14)(H,16,17). The third-order valence-electron chi connectivity index (χ3n) is 2.49. The highest BCUT2D eigenvalue weighted by molar-refractivity contribution is 7.13. The molecule has 18 heavy (non-hydrogen) atoms. The number of nitrogens with zero attached hydrogens (tertiary/aromatic N) is 2. The van der Waals surface area contributed by atoms with Gasteiger partial charge in [-0.25, -0.2) is 4.98 Å². The maximum absolute atomic E-state index is 10.7. The molecule has 0 amide bonds. The Morgan fingerprint density at radius 1 is 1.67 bits per heavy atom. The van der Waals surface area contributed by atoms with E-state index in [1.807, 2.05) is 14.1 Å². The van der Waals surface area contributed by atoms with Gasteiger partial charge in [0.25, 0.3) is 0 Å². The van der Waals surface area contributed by atoms with E-state index in [4.69, 9.17) is 10.8 Å². The van der Waals surface area contributed by atoms with Crippen molar-refractivity contribution in [2.75, 3.05) is 26.0 Å². The highest BCUT2D eigenvalue weighted by Crippen LogP contribution is 2.20. The third-order valence-corrected chi connectivity index (χ3v) is 3.28. The zero-order chi connectivity index (χ0) is 13.7. The van der Waals surface area contributed by atoms with Gasteiger partial charge in [0.2, 0.25) is 0 Å². The molecule has 0 fully saturated rings. The molecule has 102 valence electrons. The van der Waals surface area contributed by atoms with Crippen molar-refractivity contribution in [3.8, 4) is 0 Å². The summed E-state index contributed by atoms with van der Waals surface area (Å²) < 4.78 is 0. The van der Waals surface area contributed by atoms with Crippen molar-refractivity contribution in [1.29, 1.82) is 0 Å². The Morgan fingerprint density at radius 3 is 2.89 bits per heavy atom. The van der Waals surface area contributed by atoms with E-state index >= 15 is 0 Å². The van der Waals surface area contributed by atoms with Crippen molar-refractivity contribution >= 4 is 22.4 Å². The minimum absolute atomic E-state index is 0.285. The van der Waals surface area contributed by atoms with E-state index in [1.165, 1.54) is 11.3 Å². The largest absolute Gasteiger partial charge is 0.480 e. The van der Waals surface area contributed by atoms with E-state index in [0.29, 0.717) is 10.8 Å². The van der Waals surface area contributed by atoms with Gasteiger partial charge in [0.1, 0.15) is 6.04 Å². The first-order chi connectivity index (χ1) is 8.40. The Hall–Kier alpha value is -1.18. The summed E-state index contributed by atoms with van der Waals surface area (Å²) >= 11 is 1.38. The van der Waals surface area contributed by atoms with Crippen LogP contribution in [0.5, 0.6) is 0 Å². The number of carboxylic acid groups (broad SMARTS) is 1. The second-order valence-electron chi connectivity index (χ2n) is 4.53. The molecule has 0 radical (unpaired) electrons. The minimum atomic E-state index is -1.06. The number of aliphatic carboxylic acids is 1. The Bertz CT molecular complexity index is 394. The lowest BCUT2D eigenvalue weighted by atomic mass is 10.2. The van der Waals surface area contributed by atoms with Crippen LogP contribution in [-0.2, 0) is 4.79 Å². The maximum Gasteiger partial charge on any atom is 0.326 e. The number of rotatable bonds is 7. The molecule has 0 aromatic carbocycles. The maximum atomic E-state index is 10.7. The summed E-state index contributed by atoms with van der Waals surface area (Å²) in [6.07, 6.45) is 0.993. The summed E-state index contributed by atoms with van der Waals surface area (Å²) in [7, 11) is 4.06. The highest BCUT2D eigenvalue weighted by atomic mass is 32.1. The number of hydrogen-bond donors (Lipinski definition) is 3. The van der Waals surface area contributed by atoms with E-state index in [2.05, 4.69) is 22.1 Å². The first-order valence-electron chi connectivity index (χ1n) is 5.75. The van der Waals surface area contributed by atoms with Gasteiger partial charge in [-0.2, -0.15) is 0 Å². The Kier molecular flexibility index (Phi) is 5.52. The molecular weight excluding hydrogens is 252 g/mol. The molecule has 1 aromatic rings. The van der Waals surface area contributed by atoms with Crippen molar-refractivity contribution in [3.05, 3.63) is 11.1 Å². The predicted molar refractivity (Wildman–Crippen MR) is 72.9 cm³/mol. The summed E-state index contributed by atoms with van der Waals surface area (Å²) in [6, 6.07) is -0.763. The van der Waals surface area contributed by atoms with Gasteiger partial charge in [-0.1, -0.05) is 0 Å². The summed E-state index contributed by atoms with van der Waals surface area (Å²) in [5, 5.41) is 14.4. The number of carboxylic acids is 1. The quantitative estimate of drug-likeness (QED) is 0.685. The van der Waals surface area contributed by atoms with E-state index in [1.54, 1.807) is 5.38 Å². The van der Waals surface area contributed by atoms with Crippen LogP contribution in [0.3, 0.4) is 0 Å². The lowest BCUT2D eigenvalue weighted by Gasteiger charge is -2.15. The number of nitrogens with one attached hydrogen (secondary N) is 1. The summed E-state index contributed by atoms with van der Waals surface area (Å²) in [5.41, 5.74) is 5.89. The molecular formula is C11H20N4O2S. The summed E-state index contributed by atoms with van der Waals surface area (Å²) in [5.74, 6) is -1.06. The van der Waals surface area contributed by atoms with Gasteiger partial charge in [0.05, 0.1) is 5.69 Å². The van der Waals surface area contributed by atoms with Crippen molar-refractivity contribution < 1.29 is 9.90 Å². The lowest BCUT2D eigenvalue weighted by molar-refractivity contribution is -0.138. The van der Waals surface area contributed by atoms with Crippen molar-refractivity contribution in [1.82, 2.24) is 9.88 Å². The van der Waals surface area contributed by atoms with Crippen LogP contribution in [0.2, 0.25) is 0 Å². The molecule has 0 saturated heterocycles. The van der Waals surface area contributed by atoms with Crippen LogP contribution < -0.4 is 11.1 Å². The molecule has 0 saturated carbocycles. The molecule has 2 atom stereocenters. The fourth-order valence-corrected chi connectivity index (χ4v) is 2.22. The smallest absolute Gasteiger partial charge is 0.326 e. The number of aromatic nitrogens is 1. The second-order valence-corrected chi connectivity index (χ2v) is 5.39. The Labute approximate surface area is 111 Å². The highest BCUT2D eigenvalue weighted by Gasteiger charge is 2.18. The first-order valence-corrected chi connectivity index (χ1v) is 6.63. The second kappa shape index (κ2) is 6.67. The van der Waals surface area contributed by atoms with E-state index in [-0.39, 0.29) is 6.04 Å². The van der Waals surface area contributed by atoms with Gasteiger partial charge in [-0.15, -0.1) is 11.3 Å². The van der Waals surface area contributed by atoms with E-state index < -0.39 is 12.0 Å². The van der Waals surface area contributed by atoms with Crippen LogP contribution >= 0.6 is 11.3 Å². The number of nitrogens with two attached hydrogens (primary N) is 1. The van der Waals surface area contributed by atoms with Crippen LogP contribution in [0.1, 0.15) is 25.1 Å². The number of hydrogen-bond acceptors (Lipinski definition) is 6.